The van der Waals surface area contributed by atoms with E-state index in [4.69, 9.17) is 10.3 Å². The Morgan fingerprint density at radius 3 is 2.95 bits per heavy atom. The third-order valence-electron chi connectivity index (χ3n) is 3.18. The van der Waals surface area contributed by atoms with Gasteiger partial charge in [-0.25, -0.2) is 15.8 Å². The van der Waals surface area contributed by atoms with E-state index in [0.717, 1.165) is 30.2 Å². The SMILES string of the molecule is CN(Cc1ccco1)c1cc(NN)nc(C2CC2)n1. The van der Waals surface area contributed by atoms with Crippen molar-refractivity contribution >= 4 is 11.6 Å². The number of hydrogen-bond acceptors (Lipinski definition) is 6. The molecule has 0 atom stereocenters. The molecule has 19 heavy (non-hydrogen) atoms. The number of nitrogens with two attached hydrogens (primary N) is 1. The zero-order valence-electron chi connectivity index (χ0n) is 10.8. The van der Waals surface area contributed by atoms with E-state index in [-0.39, 0.29) is 0 Å². The lowest BCUT2D eigenvalue weighted by atomic mass is 10.3. The first-order valence-electron chi connectivity index (χ1n) is 6.35. The lowest BCUT2D eigenvalue weighted by Gasteiger charge is -2.18. The maximum absolute atomic E-state index is 5.47. The van der Waals surface area contributed by atoms with Crippen molar-refractivity contribution in [2.24, 2.45) is 5.84 Å². The van der Waals surface area contributed by atoms with Crippen LogP contribution in [0.15, 0.2) is 28.9 Å². The summed E-state index contributed by atoms with van der Waals surface area (Å²) in [5.41, 5.74) is 2.60. The molecule has 0 radical (unpaired) electrons. The van der Waals surface area contributed by atoms with E-state index in [9.17, 15) is 0 Å². The molecule has 0 unspecified atom stereocenters. The van der Waals surface area contributed by atoms with Crippen LogP contribution in [0.3, 0.4) is 0 Å². The molecule has 1 aliphatic rings. The molecule has 0 saturated heterocycles. The highest BCUT2D eigenvalue weighted by Gasteiger charge is 2.27. The van der Waals surface area contributed by atoms with Gasteiger partial charge in [0.2, 0.25) is 0 Å². The van der Waals surface area contributed by atoms with E-state index in [0.29, 0.717) is 18.3 Å². The third kappa shape index (κ3) is 2.68. The molecule has 100 valence electrons. The number of aromatic nitrogens is 2. The molecule has 0 aromatic carbocycles. The second kappa shape index (κ2) is 4.89. The van der Waals surface area contributed by atoms with Gasteiger partial charge in [-0.2, -0.15) is 0 Å². The van der Waals surface area contributed by atoms with Gasteiger partial charge in [0.25, 0.3) is 0 Å². The summed E-state index contributed by atoms with van der Waals surface area (Å²) >= 11 is 0. The molecule has 6 nitrogen and oxygen atoms in total. The van der Waals surface area contributed by atoms with Gasteiger partial charge in [-0.3, -0.25) is 0 Å². The molecule has 0 aliphatic heterocycles. The Morgan fingerprint density at radius 1 is 1.47 bits per heavy atom. The van der Waals surface area contributed by atoms with E-state index >= 15 is 0 Å². The van der Waals surface area contributed by atoms with Crippen LogP contribution in [0.1, 0.15) is 30.3 Å². The highest BCUT2D eigenvalue weighted by atomic mass is 16.3. The molecule has 1 fully saturated rings. The van der Waals surface area contributed by atoms with Crippen molar-refractivity contribution in [1.29, 1.82) is 0 Å². The standard InChI is InChI=1S/C13H17N5O/c1-18(8-10-3-2-6-19-10)12-7-11(17-14)15-13(16-12)9-4-5-9/h2-3,6-7,9H,4-5,8,14H2,1H3,(H,15,16,17). The van der Waals surface area contributed by atoms with Gasteiger partial charge in [-0.1, -0.05) is 0 Å². The summed E-state index contributed by atoms with van der Waals surface area (Å²) in [5, 5.41) is 0. The van der Waals surface area contributed by atoms with Gasteiger partial charge in [0.15, 0.2) is 0 Å². The van der Waals surface area contributed by atoms with Crippen LogP contribution in [0.5, 0.6) is 0 Å². The third-order valence-corrected chi connectivity index (χ3v) is 3.18. The average molecular weight is 259 g/mol. The van der Waals surface area contributed by atoms with Gasteiger partial charge in [-0.15, -0.1) is 0 Å². The van der Waals surface area contributed by atoms with Crippen molar-refractivity contribution in [1.82, 2.24) is 9.97 Å². The van der Waals surface area contributed by atoms with E-state index in [1.807, 2.05) is 30.1 Å². The predicted molar refractivity (Wildman–Crippen MR) is 72.6 cm³/mol. The van der Waals surface area contributed by atoms with Crippen LogP contribution in [-0.4, -0.2) is 17.0 Å². The number of nitrogen functional groups attached to an aromatic ring is 1. The fourth-order valence-electron chi connectivity index (χ4n) is 1.96. The lowest BCUT2D eigenvalue weighted by molar-refractivity contribution is 0.506. The lowest BCUT2D eigenvalue weighted by Crippen LogP contribution is -2.19. The summed E-state index contributed by atoms with van der Waals surface area (Å²) in [7, 11) is 1.97. The van der Waals surface area contributed by atoms with E-state index in [1.165, 1.54) is 0 Å². The maximum Gasteiger partial charge on any atom is 0.145 e. The van der Waals surface area contributed by atoms with Crippen molar-refractivity contribution in [2.75, 3.05) is 17.4 Å². The monoisotopic (exact) mass is 259 g/mol. The number of hydrazine groups is 1. The summed E-state index contributed by atoms with van der Waals surface area (Å²) in [6.45, 7) is 0.665. The van der Waals surface area contributed by atoms with Crippen molar-refractivity contribution in [3.05, 3.63) is 36.0 Å². The molecule has 3 N–H and O–H groups in total. The summed E-state index contributed by atoms with van der Waals surface area (Å²) in [4.78, 5) is 11.0. The maximum atomic E-state index is 5.47. The highest BCUT2D eigenvalue weighted by Crippen LogP contribution is 2.39. The number of nitrogens with zero attached hydrogens (tertiary/aromatic N) is 3. The van der Waals surface area contributed by atoms with E-state index in [1.54, 1.807) is 6.26 Å². The fraction of sp³-hybridized carbons (Fsp3) is 0.385. The average Bonchev–Trinajstić information content (AvgIpc) is 3.17. The topological polar surface area (TPSA) is 80.2 Å². The number of hydrogen-bond donors (Lipinski definition) is 2. The smallest absolute Gasteiger partial charge is 0.145 e. The Balaban J connectivity index is 1.83. The first-order valence-corrected chi connectivity index (χ1v) is 6.35. The highest BCUT2D eigenvalue weighted by molar-refractivity contribution is 5.49. The normalized spacial score (nSPS) is 14.4. The van der Waals surface area contributed by atoms with E-state index < -0.39 is 0 Å². The quantitative estimate of drug-likeness (QED) is 0.630. The van der Waals surface area contributed by atoms with Crippen LogP contribution in [-0.2, 0) is 6.54 Å². The molecule has 0 amide bonds. The number of anilines is 2. The zero-order valence-corrected chi connectivity index (χ0v) is 10.8. The van der Waals surface area contributed by atoms with Gasteiger partial charge >= 0.3 is 0 Å². The van der Waals surface area contributed by atoms with Gasteiger partial charge in [0.1, 0.15) is 23.2 Å². The van der Waals surface area contributed by atoms with Crippen molar-refractivity contribution in [3.63, 3.8) is 0 Å². The second-order valence-corrected chi connectivity index (χ2v) is 4.82. The van der Waals surface area contributed by atoms with Crippen molar-refractivity contribution < 1.29 is 4.42 Å². The largest absolute Gasteiger partial charge is 0.467 e. The molecular formula is C13H17N5O. The molecule has 2 aromatic rings. The Bertz CT molecular complexity index is 550. The van der Waals surface area contributed by atoms with Gasteiger partial charge in [0.05, 0.1) is 12.8 Å². The molecule has 0 bridgehead atoms. The Kier molecular flexibility index (Phi) is 3.08. The minimum atomic E-state index is 0.490. The molecule has 2 aromatic heterocycles. The molecular weight excluding hydrogens is 242 g/mol. The van der Waals surface area contributed by atoms with Crippen LogP contribution in [0.4, 0.5) is 11.6 Å². The summed E-state index contributed by atoms with van der Waals surface area (Å²) in [5.74, 6) is 9.23. The minimum Gasteiger partial charge on any atom is -0.467 e. The summed E-state index contributed by atoms with van der Waals surface area (Å²) < 4.78 is 5.35. The predicted octanol–water partition coefficient (Wildman–Crippen LogP) is 1.87. The number of furan rings is 1. The summed E-state index contributed by atoms with van der Waals surface area (Å²) in [6.07, 6.45) is 4.00. The molecule has 0 spiro atoms. The van der Waals surface area contributed by atoms with Crippen molar-refractivity contribution in [3.8, 4) is 0 Å². The van der Waals surface area contributed by atoms with Gasteiger partial charge in [-0.05, 0) is 25.0 Å². The fourth-order valence-corrected chi connectivity index (χ4v) is 1.96. The Morgan fingerprint density at radius 2 is 2.32 bits per heavy atom. The van der Waals surface area contributed by atoms with Crippen LogP contribution >= 0.6 is 0 Å². The minimum absolute atomic E-state index is 0.490. The van der Waals surface area contributed by atoms with Crippen molar-refractivity contribution in [2.45, 2.75) is 25.3 Å². The van der Waals surface area contributed by atoms with E-state index in [2.05, 4.69) is 15.4 Å². The van der Waals surface area contributed by atoms with Gasteiger partial charge < -0.3 is 14.7 Å². The number of rotatable bonds is 5. The van der Waals surface area contributed by atoms with Crippen LogP contribution in [0, 0.1) is 0 Å². The van der Waals surface area contributed by atoms with Crippen LogP contribution in [0.25, 0.3) is 0 Å². The van der Waals surface area contributed by atoms with Crippen LogP contribution < -0.4 is 16.2 Å². The first-order chi connectivity index (χ1) is 9.26. The molecule has 2 heterocycles. The molecule has 1 saturated carbocycles. The van der Waals surface area contributed by atoms with Crippen LogP contribution in [0.2, 0.25) is 0 Å². The zero-order chi connectivity index (χ0) is 13.2. The molecule has 3 rings (SSSR count). The number of nitrogens with one attached hydrogen (secondary N) is 1. The Hall–Kier alpha value is -2.08. The van der Waals surface area contributed by atoms with Gasteiger partial charge in [0, 0.05) is 19.0 Å². The first kappa shape index (κ1) is 12.0. The Labute approximate surface area is 111 Å². The molecule has 6 heteroatoms. The molecule has 1 aliphatic carbocycles. The second-order valence-electron chi connectivity index (χ2n) is 4.82. The summed E-state index contributed by atoms with van der Waals surface area (Å²) in [6, 6.07) is 5.67.